The zero-order chi connectivity index (χ0) is 12.5. The highest BCUT2D eigenvalue weighted by atomic mass is 16.3. The molecule has 96 valence electrons. The molecule has 3 rings (SSSR count). The molecule has 2 bridgehead atoms. The molecule has 7 atom stereocenters. The fourth-order valence-corrected chi connectivity index (χ4v) is 5.20. The maximum absolute atomic E-state index is 10.5. The van der Waals surface area contributed by atoms with E-state index in [0.717, 1.165) is 12.0 Å². The Kier molecular flexibility index (Phi) is 2.32. The van der Waals surface area contributed by atoms with Crippen LogP contribution in [0.5, 0.6) is 0 Å². The van der Waals surface area contributed by atoms with Crippen molar-refractivity contribution in [2.45, 2.75) is 45.8 Å². The molecule has 0 heterocycles. The van der Waals surface area contributed by atoms with Crippen LogP contribution in [-0.4, -0.2) is 22.4 Å². The van der Waals surface area contributed by atoms with Crippen LogP contribution in [0, 0.1) is 35.0 Å². The Bertz CT molecular complexity index is 362. The minimum absolute atomic E-state index is 0.0588. The van der Waals surface area contributed by atoms with Crippen molar-refractivity contribution in [1.29, 1.82) is 0 Å². The van der Waals surface area contributed by atoms with E-state index in [9.17, 15) is 10.2 Å². The van der Waals surface area contributed by atoms with Crippen molar-refractivity contribution < 1.29 is 10.2 Å². The molecule has 0 radical (unpaired) electrons. The molecule has 0 aromatic carbocycles. The fourth-order valence-electron chi connectivity index (χ4n) is 5.20. The SMILES string of the molecule is C=C1[C@@H]2[C@H](O)[C@H]3[C@@H]([C@H]2O)[C@]1(C)CC[C@@H]3C(C)C. The minimum Gasteiger partial charge on any atom is -0.392 e. The average molecular weight is 236 g/mol. The van der Waals surface area contributed by atoms with Gasteiger partial charge in [-0.15, -0.1) is 0 Å². The Balaban J connectivity index is 2.04. The number of hydrogen-bond acceptors (Lipinski definition) is 2. The van der Waals surface area contributed by atoms with Gasteiger partial charge in [0, 0.05) is 11.8 Å². The van der Waals surface area contributed by atoms with Gasteiger partial charge in [0.25, 0.3) is 0 Å². The quantitative estimate of drug-likeness (QED) is 0.685. The Morgan fingerprint density at radius 1 is 1.29 bits per heavy atom. The van der Waals surface area contributed by atoms with Crippen LogP contribution in [0.4, 0.5) is 0 Å². The zero-order valence-corrected chi connectivity index (χ0v) is 11.1. The standard InChI is InChI=1S/C15H24O2/c1-7(2)9-5-6-15(4)8(3)10-13(16)11(9)12(15)14(10)17/h7,9-14,16-17H,3,5-6H2,1-2,4H3/t9-,10-,11-,12+,13+,14+,15-/m1/s1. The molecule has 0 saturated heterocycles. The highest BCUT2D eigenvalue weighted by Gasteiger charge is 2.68. The smallest absolute Gasteiger partial charge is 0.0670 e. The third kappa shape index (κ3) is 1.18. The van der Waals surface area contributed by atoms with Crippen molar-refractivity contribution >= 4 is 0 Å². The molecule has 17 heavy (non-hydrogen) atoms. The highest BCUT2D eigenvalue weighted by Crippen LogP contribution is 2.68. The van der Waals surface area contributed by atoms with E-state index in [1.54, 1.807) is 0 Å². The summed E-state index contributed by atoms with van der Waals surface area (Å²) in [6.45, 7) is 10.9. The molecule has 0 aliphatic heterocycles. The summed E-state index contributed by atoms with van der Waals surface area (Å²) < 4.78 is 0. The molecule has 0 aromatic rings. The summed E-state index contributed by atoms with van der Waals surface area (Å²) in [6, 6.07) is 0. The third-order valence-electron chi connectivity index (χ3n) is 6.13. The van der Waals surface area contributed by atoms with E-state index >= 15 is 0 Å². The Labute approximate surface area is 104 Å². The third-order valence-corrected chi connectivity index (χ3v) is 6.13. The van der Waals surface area contributed by atoms with Crippen molar-refractivity contribution in [3.8, 4) is 0 Å². The highest BCUT2D eigenvalue weighted by molar-refractivity contribution is 5.33. The molecule has 3 aliphatic rings. The first-order valence-corrected chi connectivity index (χ1v) is 6.95. The van der Waals surface area contributed by atoms with Crippen LogP contribution in [0.1, 0.15) is 33.6 Å². The first-order valence-electron chi connectivity index (χ1n) is 6.95. The van der Waals surface area contributed by atoms with Crippen molar-refractivity contribution in [3.63, 3.8) is 0 Å². The zero-order valence-electron chi connectivity index (χ0n) is 11.1. The van der Waals surface area contributed by atoms with Gasteiger partial charge in [-0.3, -0.25) is 0 Å². The summed E-state index contributed by atoms with van der Waals surface area (Å²) in [5.74, 6) is 1.64. The predicted octanol–water partition coefficient (Wildman–Crippen LogP) is 2.21. The molecule has 2 N–H and O–H groups in total. The molecule has 0 spiro atoms. The second-order valence-electron chi connectivity index (χ2n) is 7.00. The first-order chi connectivity index (χ1) is 7.89. The first kappa shape index (κ1) is 11.7. The lowest BCUT2D eigenvalue weighted by molar-refractivity contribution is -0.0497. The molecule has 0 amide bonds. The van der Waals surface area contributed by atoms with Crippen LogP contribution >= 0.6 is 0 Å². The molecule has 0 aromatic heterocycles. The Morgan fingerprint density at radius 3 is 2.47 bits per heavy atom. The van der Waals surface area contributed by atoms with Crippen LogP contribution < -0.4 is 0 Å². The van der Waals surface area contributed by atoms with E-state index in [0.29, 0.717) is 17.8 Å². The van der Waals surface area contributed by atoms with Gasteiger partial charge >= 0.3 is 0 Å². The van der Waals surface area contributed by atoms with Gasteiger partial charge in [0.2, 0.25) is 0 Å². The largest absolute Gasteiger partial charge is 0.392 e. The second kappa shape index (κ2) is 3.36. The maximum Gasteiger partial charge on any atom is 0.0670 e. The summed E-state index contributed by atoms with van der Waals surface area (Å²) in [7, 11) is 0. The van der Waals surface area contributed by atoms with Crippen LogP contribution in [0.2, 0.25) is 0 Å². The fraction of sp³-hybridized carbons (Fsp3) is 0.867. The molecule has 2 nitrogen and oxygen atoms in total. The van der Waals surface area contributed by atoms with Gasteiger partial charge in [0.15, 0.2) is 0 Å². The molecule has 3 fully saturated rings. The molecule has 3 saturated carbocycles. The molecule has 0 unspecified atom stereocenters. The molecule has 3 aliphatic carbocycles. The van der Waals surface area contributed by atoms with Gasteiger partial charge in [-0.1, -0.05) is 32.9 Å². The normalized spacial score (nSPS) is 56.9. The monoisotopic (exact) mass is 236 g/mol. The van der Waals surface area contributed by atoms with E-state index in [-0.39, 0.29) is 29.5 Å². The van der Waals surface area contributed by atoms with Crippen LogP contribution in [0.15, 0.2) is 12.2 Å². The maximum atomic E-state index is 10.5. The molecule has 2 heteroatoms. The summed E-state index contributed by atoms with van der Waals surface area (Å²) in [4.78, 5) is 0. The summed E-state index contributed by atoms with van der Waals surface area (Å²) in [6.07, 6.45) is 1.60. The summed E-state index contributed by atoms with van der Waals surface area (Å²) >= 11 is 0. The Morgan fingerprint density at radius 2 is 1.94 bits per heavy atom. The van der Waals surface area contributed by atoms with Gasteiger partial charge in [0.05, 0.1) is 12.2 Å². The summed E-state index contributed by atoms with van der Waals surface area (Å²) in [5.41, 5.74) is 1.19. The van der Waals surface area contributed by atoms with Gasteiger partial charge in [-0.25, -0.2) is 0 Å². The van der Waals surface area contributed by atoms with E-state index in [2.05, 4.69) is 27.4 Å². The lowest BCUT2D eigenvalue weighted by Crippen LogP contribution is -2.48. The van der Waals surface area contributed by atoms with Crippen molar-refractivity contribution in [2.24, 2.45) is 35.0 Å². The number of hydrogen-bond donors (Lipinski definition) is 2. The van der Waals surface area contributed by atoms with Gasteiger partial charge in [-0.05, 0) is 36.0 Å². The van der Waals surface area contributed by atoms with E-state index in [1.165, 1.54) is 6.42 Å². The number of aliphatic hydroxyl groups excluding tert-OH is 2. The lowest BCUT2D eigenvalue weighted by Gasteiger charge is -2.51. The van der Waals surface area contributed by atoms with Crippen LogP contribution in [0.3, 0.4) is 0 Å². The van der Waals surface area contributed by atoms with Gasteiger partial charge in [-0.2, -0.15) is 0 Å². The van der Waals surface area contributed by atoms with Gasteiger partial charge in [0.1, 0.15) is 0 Å². The van der Waals surface area contributed by atoms with Crippen molar-refractivity contribution in [2.75, 3.05) is 0 Å². The van der Waals surface area contributed by atoms with Crippen LogP contribution in [0.25, 0.3) is 0 Å². The van der Waals surface area contributed by atoms with E-state index < -0.39 is 0 Å². The van der Waals surface area contributed by atoms with E-state index in [4.69, 9.17) is 0 Å². The topological polar surface area (TPSA) is 40.5 Å². The summed E-state index contributed by atoms with van der Waals surface area (Å²) in [5, 5.41) is 20.9. The van der Waals surface area contributed by atoms with Gasteiger partial charge < -0.3 is 10.2 Å². The van der Waals surface area contributed by atoms with Crippen LogP contribution in [-0.2, 0) is 0 Å². The lowest BCUT2D eigenvalue weighted by atomic mass is 9.54. The number of aliphatic hydroxyl groups is 2. The molecular formula is C15H24O2. The van der Waals surface area contributed by atoms with Crippen molar-refractivity contribution in [1.82, 2.24) is 0 Å². The van der Waals surface area contributed by atoms with E-state index in [1.807, 2.05) is 0 Å². The molecular weight excluding hydrogens is 212 g/mol. The number of rotatable bonds is 1. The second-order valence-corrected chi connectivity index (χ2v) is 7.00. The Hall–Kier alpha value is -0.340. The number of fused-ring (bicyclic) bond motifs is 1. The average Bonchev–Trinajstić information content (AvgIpc) is 2.61. The predicted molar refractivity (Wildman–Crippen MR) is 67.3 cm³/mol. The minimum atomic E-state index is -0.358. The van der Waals surface area contributed by atoms with Crippen molar-refractivity contribution in [3.05, 3.63) is 12.2 Å².